The van der Waals surface area contributed by atoms with Crippen molar-refractivity contribution >= 4 is 51.9 Å². The van der Waals surface area contributed by atoms with Crippen LogP contribution in [0.1, 0.15) is 36.0 Å². The first-order valence-corrected chi connectivity index (χ1v) is 19.3. The second-order valence-electron chi connectivity index (χ2n) is 13.5. The Bertz CT molecular complexity index is 2400. The molecule has 3 aromatic carbocycles. The van der Waals surface area contributed by atoms with Crippen LogP contribution in [0.15, 0.2) is 104 Å². The molecule has 2 aliphatic heterocycles. The Kier molecular flexibility index (Phi) is 15.3. The van der Waals surface area contributed by atoms with E-state index in [-0.39, 0.29) is 75.8 Å². The Balaban J connectivity index is 0.864. The van der Waals surface area contributed by atoms with E-state index in [1.165, 1.54) is 31.3 Å². The molecule has 0 radical (unpaired) electrons. The van der Waals surface area contributed by atoms with Crippen molar-refractivity contribution in [3.05, 3.63) is 101 Å². The molecule has 318 valence electrons. The van der Waals surface area contributed by atoms with E-state index in [0.717, 1.165) is 5.01 Å². The number of phenols is 1. The standard InChI is InChI=1S/C43H43N5O13/c1-47(43(55)33-5-3-2-4-32(33)42-34-12-10-30(49)26-36(34)60-37-27-31(50)11-13-35(37)42)46-45-29-8-6-28(7-9-29)44-38(51)16-18-56-20-22-58-24-25-59-23-21-57-19-17-41(54)61-48-39(52)14-15-40(48)53/h2-13,26-27,49H,14-25H2,1H3,(H,44,51). The van der Waals surface area contributed by atoms with E-state index < -0.39 is 23.7 Å². The van der Waals surface area contributed by atoms with Crippen molar-refractivity contribution in [2.75, 3.05) is 65.2 Å². The van der Waals surface area contributed by atoms with Gasteiger partial charge >= 0.3 is 5.97 Å². The average Bonchev–Trinajstić information content (AvgIpc) is 3.57. The van der Waals surface area contributed by atoms with Gasteiger partial charge in [-0.2, -0.15) is 0 Å². The third-order valence-electron chi connectivity index (χ3n) is 9.08. The molecular weight excluding hydrogens is 794 g/mol. The van der Waals surface area contributed by atoms with E-state index in [1.807, 2.05) is 0 Å². The van der Waals surface area contributed by atoms with Gasteiger partial charge in [-0.15, -0.1) is 10.2 Å². The molecule has 61 heavy (non-hydrogen) atoms. The summed E-state index contributed by atoms with van der Waals surface area (Å²) in [6, 6.07) is 22.7. The Morgan fingerprint density at radius 1 is 0.754 bits per heavy atom. The second-order valence-corrected chi connectivity index (χ2v) is 13.5. The highest BCUT2D eigenvalue weighted by Crippen LogP contribution is 2.42. The van der Waals surface area contributed by atoms with Crippen LogP contribution in [0.25, 0.3) is 33.4 Å². The number of imide groups is 1. The van der Waals surface area contributed by atoms with Crippen molar-refractivity contribution in [3.8, 4) is 28.2 Å². The lowest BCUT2D eigenvalue weighted by Gasteiger charge is -2.18. The molecule has 3 aliphatic rings. The van der Waals surface area contributed by atoms with Crippen molar-refractivity contribution in [2.24, 2.45) is 10.3 Å². The van der Waals surface area contributed by atoms with Crippen LogP contribution in [0.3, 0.4) is 0 Å². The van der Waals surface area contributed by atoms with Crippen LogP contribution in [-0.4, -0.2) is 105 Å². The number of fused-ring (bicyclic) bond motifs is 2. The molecule has 0 saturated carbocycles. The zero-order valence-corrected chi connectivity index (χ0v) is 33.2. The van der Waals surface area contributed by atoms with Gasteiger partial charge in [-0.25, -0.2) is 9.80 Å². The average molecular weight is 838 g/mol. The number of aromatic hydroxyl groups is 1. The van der Waals surface area contributed by atoms with Gasteiger partial charge in [0.15, 0.2) is 5.43 Å². The molecule has 1 saturated heterocycles. The molecule has 2 N–H and O–H groups in total. The molecule has 3 aromatic rings. The molecular formula is C43H43N5O13. The third kappa shape index (κ3) is 12.1. The number of hydrogen-bond acceptors (Lipinski definition) is 15. The fraction of sp³-hybridized carbons (Fsp3) is 0.302. The number of amides is 4. The van der Waals surface area contributed by atoms with Gasteiger partial charge in [-0.3, -0.25) is 24.0 Å². The predicted molar refractivity (Wildman–Crippen MR) is 218 cm³/mol. The maximum absolute atomic E-state index is 13.8. The number of hydrogen-bond donors (Lipinski definition) is 2. The minimum Gasteiger partial charge on any atom is -0.508 e. The van der Waals surface area contributed by atoms with E-state index in [9.17, 15) is 33.9 Å². The normalized spacial score (nSPS) is 12.8. The van der Waals surface area contributed by atoms with Crippen molar-refractivity contribution in [2.45, 2.75) is 25.7 Å². The second kappa shape index (κ2) is 21.4. The predicted octanol–water partition coefficient (Wildman–Crippen LogP) is 5.43. The number of phenolic OH excluding ortho intramolecular Hbond substituents is 1. The van der Waals surface area contributed by atoms with Gasteiger partial charge in [0.25, 0.3) is 17.7 Å². The fourth-order valence-corrected chi connectivity index (χ4v) is 6.09. The minimum absolute atomic E-state index is 0.0103. The summed E-state index contributed by atoms with van der Waals surface area (Å²) < 4.78 is 27.6. The first kappa shape index (κ1) is 43.7. The van der Waals surface area contributed by atoms with Crippen molar-refractivity contribution in [1.29, 1.82) is 0 Å². The number of benzene rings is 4. The molecule has 1 fully saturated rings. The van der Waals surface area contributed by atoms with Crippen LogP contribution in [0.2, 0.25) is 0 Å². The van der Waals surface area contributed by atoms with Crippen molar-refractivity contribution in [3.63, 3.8) is 0 Å². The van der Waals surface area contributed by atoms with E-state index in [4.69, 9.17) is 28.2 Å². The molecule has 18 heteroatoms. The number of rotatable bonds is 21. The van der Waals surface area contributed by atoms with Crippen molar-refractivity contribution in [1.82, 2.24) is 10.1 Å². The summed E-state index contributed by atoms with van der Waals surface area (Å²) in [4.78, 5) is 77.8. The molecule has 6 rings (SSSR count). The monoisotopic (exact) mass is 837 g/mol. The molecule has 0 aromatic heterocycles. The van der Waals surface area contributed by atoms with Gasteiger partial charge in [-0.1, -0.05) is 23.4 Å². The lowest BCUT2D eigenvalue weighted by Crippen LogP contribution is -2.32. The Morgan fingerprint density at radius 3 is 2.08 bits per heavy atom. The van der Waals surface area contributed by atoms with Gasteiger partial charge in [0.05, 0.1) is 71.4 Å². The maximum Gasteiger partial charge on any atom is 0.335 e. The molecule has 0 bridgehead atoms. The highest BCUT2D eigenvalue weighted by molar-refractivity contribution is 6.09. The van der Waals surface area contributed by atoms with Crippen LogP contribution < -0.4 is 10.7 Å². The molecule has 0 unspecified atom stereocenters. The first-order valence-electron chi connectivity index (χ1n) is 19.3. The number of hydroxylamine groups is 2. The summed E-state index contributed by atoms with van der Waals surface area (Å²) in [5, 5.41) is 23.5. The molecule has 0 atom stereocenters. The van der Waals surface area contributed by atoms with E-state index in [1.54, 1.807) is 60.7 Å². The summed E-state index contributed by atoms with van der Waals surface area (Å²) in [5.74, 6) is -2.19. The van der Waals surface area contributed by atoms with Gasteiger partial charge < -0.3 is 38.6 Å². The zero-order valence-electron chi connectivity index (χ0n) is 33.2. The first-order chi connectivity index (χ1) is 29.6. The number of carbonyl (C=O) groups excluding carboxylic acids is 5. The summed E-state index contributed by atoms with van der Waals surface area (Å²) in [6.45, 7) is 1.99. The van der Waals surface area contributed by atoms with E-state index in [0.29, 0.717) is 75.2 Å². The summed E-state index contributed by atoms with van der Waals surface area (Å²) >= 11 is 0. The third-order valence-corrected chi connectivity index (χ3v) is 9.08. The van der Waals surface area contributed by atoms with Gasteiger partial charge in [-0.05, 0) is 60.2 Å². The van der Waals surface area contributed by atoms with Crippen LogP contribution in [0.5, 0.6) is 5.75 Å². The largest absolute Gasteiger partial charge is 0.508 e. The number of nitrogens with zero attached hydrogens (tertiary/aromatic N) is 4. The Morgan fingerprint density at radius 2 is 1.39 bits per heavy atom. The number of ether oxygens (including phenoxy) is 4. The van der Waals surface area contributed by atoms with Crippen LogP contribution >= 0.6 is 0 Å². The minimum atomic E-state index is -0.730. The molecule has 1 aliphatic carbocycles. The fourth-order valence-electron chi connectivity index (χ4n) is 6.09. The quantitative estimate of drug-likeness (QED) is 0.0309. The smallest absolute Gasteiger partial charge is 0.335 e. The van der Waals surface area contributed by atoms with Crippen LogP contribution in [-0.2, 0) is 43.0 Å². The summed E-state index contributed by atoms with van der Waals surface area (Å²) in [5.41, 5.74) is 3.25. The highest BCUT2D eigenvalue weighted by Gasteiger charge is 2.32. The lowest BCUT2D eigenvalue weighted by atomic mass is 9.90. The number of anilines is 1. The zero-order chi connectivity index (χ0) is 43.1. The lowest BCUT2D eigenvalue weighted by molar-refractivity contribution is -0.198. The molecule has 2 heterocycles. The summed E-state index contributed by atoms with van der Waals surface area (Å²) in [7, 11) is 1.49. The topological polar surface area (TPSA) is 225 Å². The Hall–Kier alpha value is -6.86. The molecule has 18 nitrogen and oxygen atoms in total. The SMILES string of the molecule is CN(N=Nc1ccc(NC(=O)CCOCCOCCOCCOCCC(=O)ON2C(=O)CCC2=O)cc1)C(=O)c1ccccc1-c1c2ccc(=O)cc-2oc2cc(O)ccc12. The van der Waals surface area contributed by atoms with Gasteiger partial charge in [0, 0.05) is 59.8 Å². The number of nitrogens with one attached hydrogen (secondary N) is 1. The van der Waals surface area contributed by atoms with Crippen LogP contribution in [0, 0.1) is 0 Å². The highest BCUT2D eigenvalue weighted by atomic mass is 16.7. The van der Waals surface area contributed by atoms with Gasteiger partial charge in [0.1, 0.15) is 17.1 Å². The molecule has 4 amide bonds. The van der Waals surface area contributed by atoms with E-state index in [2.05, 4.69) is 15.7 Å². The summed E-state index contributed by atoms with van der Waals surface area (Å²) in [6.07, 6.45) is 0.0779. The Labute approximate surface area is 348 Å². The van der Waals surface area contributed by atoms with E-state index >= 15 is 0 Å². The molecule has 0 spiro atoms. The maximum atomic E-state index is 13.8. The van der Waals surface area contributed by atoms with Crippen molar-refractivity contribution < 1.29 is 57.3 Å². The number of carbonyl (C=O) groups is 5. The van der Waals surface area contributed by atoms with Gasteiger partial charge in [0.2, 0.25) is 5.91 Å². The van der Waals surface area contributed by atoms with Crippen LogP contribution in [0.4, 0.5) is 11.4 Å².